The minimum atomic E-state index is 0.105. The lowest BCUT2D eigenvalue weighted by Gasteiger charge is -2.27. The van der Waals surface area contributed by atoms with Crippen molar-refractivity contribution < 1.29 is 9.53 Å². The SMILES string of the molecule is Cc1cc(NC(=O)[C@H]2CCN[C@@H](C)C2)ccc1OCCN1CCCC1. The summed E-state index contributed by atoms with van der Waals surface area (Å²) in [5.41, 5.74) is 1.93. The number of piperidine rings is 1. The van der Waals surface area contributed by atoms with Crippen molar-refractivity contribution in [3.63, 3.8) is 0 Å². The van der Waals surface area contributed by atoms with Crippen LogP contribution in [-0.4, -0.2) is 49.6 Å². The summed E-state index contributed by atoms with van der Waals surface area (Å²) >= 11 is 0. The van der Waals surface area contributed by atoms with Crippen molar-refractivity contribution in [1.29, 1.82) is 0 Å². The van der Waals surface area contributed by atoms with Crippen LogP contribution in [0, 0.1) is 12.8 Å². The lowest BCUT2D eigenvalue weighted by Crippen LogP contribution is -2.40. The molecule has 0 unspecified atom stereocenters. The van der Waals surface area contributed by atoms with Crippen LogP contribution in [0.5, 0.6) is 5.75 Å². The van der Waals surface area contributed by atoms with Gasteiger partial charge in [-0.05, 0) is 82.9 Å². The molecule has 1 aromatic rings. The van der Waals surface area contributed by atoms with Crippen LogP contribution in [-0.2, 0) is 4.79 Å². The molecule has 138 valence electrons. The minimum absolute atomic E-state index is 0.105. The molecule has 2 aliphatic heterocycles. The summed E-state index contributed by atoms with van der Waals surface area (Å²) in [4.78, 5) is 14.9. The number of amides is 1. The van der Waals surface area contributed by atoms with E-state index >= 15 is 0 Å². The van der Waals surface area contributed by atoms with E-state index in [4.69, 9.17) is 4.74 Å². The molecule has 0 aliphatic carbocycles. The number of aryl methyl sites for hydroxylation is 1. The zero-order valence-electron chi connectivity index (χ0n) is 15.5. The third kappa shape index (κ3) is 5.19. The molecule has 0 spiro atoms. The molecular formula is C20H31N3O2. The van der Waals surface area contributed by atoms with Gasteiger partial charge in [0.1, 0.15) is 12.4 Å². The van der Waals surface area contributed by atoms with Gasteiger partial charge in [-0.25, -0.2) is 0 Å². The van der Waals surface area contributed by atoms with E-state index in [2.05, 4.69) is 22.5 Å². The van der Waals surface area contributed by atoms with Crippen molar-refractivity contribution in [2.75, 3.05) is 38.1 Å². The van der Waals surface area contributed by atoms with Crippen molar-refractivity contribution in [1.82, 2.24) is 10.2 Å². The quantitative estimate of drug-likeness (QED) is 0.832. The van der Waals surface area contributed by atoms with Crippen LogP contribution in [0.25, 0.3) is 0 Å². The van der Waals surface area contributed by atoms with Crippen LogP contribution in [0.3, 0.4) is 0 Å². The molecule has 0 radical (unpaired) electrons. The van der Waals surface area contributed by atoms with Crippen molar-refractivity contribution >= 4 is 11.6 Å². The molecule has 2 fully saturated rings. The Balaban J connectivity index is 1.49. The van der Waals surface area contributed by atoms with E-state index < -0.39 is 0 Å². The summed E-state index contributed by atoms with van der Waals surface area (Å²) in [6.45, 7) is 9.20. The number of carbonyl (C=O) groups is 1. The maximum atomic E-state index is 12.5. The monoisotopic (exact) mass is 345 g/mol. The first-order valence-corrected chi connectivity index (χ1v) is 9.62. The highest BCUT2D eigenvalue weighted by atomic mass is 16.5. The van der Waals surface area contributed by atoms with Crippen molar-refractivity contribution in [2.45, 2.75) is 45.6 Å². The second kappa shape index (κ2) is 8.68. The Kier molecular flexibility index (Phi) is 6.32. The van der Waals surface area contributed by atoms with Crippen molar-refractivity contribution in [2.24, 2.45) is 5.92 Å². The summed E-state index contributed by atoms with van der Waals surface area (Å²) in [6, 6.07) is 6.34. The van der Waals surface area contributed by atoms with Crippen LogP contribution in [0.1, 0.15) is 38.2 Å². The molecule has 3 rings (SSSR count). The average Bonchev–Trinajstić information content (AvgIpc) is 3.10. The molecule has 2 aliphatic rings. The van der Waals surface area contributed by atoms with Gasteiger partial charge in [-0.3, -0.25) is 9.69 Å². The fraction of sp³-hybridized carbons (Fsp3) is 0.650. The van der Waals surface area contributed by atoms with Crippen LogP contribution < -0.4 is 15.4 Å². The van der Waals surface area contributed by atoms with Gasteiger partial charge in [0.25, 0.3) is 0 Å². The van der Waals surface area contributed by atoms with E-state index in [0.717, 1.165) is 49.5 Å². The number of hydrogen-bond donors (Lipinski definition) is 2. The fourth-order valence-electron chi connectivity index (χ4n) is 3.79. The first-order valence-electron chi connectivity index (χ1n) is 9.62. The van der Waals surface area contributed by atoms with E-state index in [9.17, 15) is 4.79 Å². The Hall–Kier alpha value is -1.59. The van der Waals surface area contributed by atoms with Gasteiger partial charge >= 0.3 is 0 Å². The van der Waals surface area contributed by atoms with Crippen LogP contribution in [0.2, 0.25) is 0 Å². The molecule has 0 bridgehead atoms. The molecule has 1 aromatic carbocycles. The van der Waals surface area contributed by atoms with Gasteiger partial charge in [0.05, 0.1) is 0 Å². The van der Waals surface area contributed by atoms with Gasteiger partial charge < -0.3 is 15.4 Å². The van der Waals surface area contributed by atoms with Gasteiger partial charge in [0.2, 0.25) is 5.91 Å². The molecule has 2 N–H and O–H groups in total. The van der Waals surface area contributed by atoms with Gasteiger partial charge in [-0.2, -0.15) is 0 Å². The highest BCUT2D eigenvalue weighted by molar-refractivity contribution is 5.92. The highest BCUT2D eigenvalue weighted by Gasteiger charge is 2.24. The third-order valence-electron chi connectivity index (χ3n) is 5.30. The molecule has 5 nitrogen and oxygen atoms in total. The first kappa shape index (κ1) is 18.2. The number of ether oxygens (including phenoxy) is 1. The van der Waals surface area contributed by atoms with Gasteiger partial charge in [-0.15, -0.1) is 0 Å². The van der Waals surface area contributed by atoms with Crippen LogP contribution >= 0.6 is 0 Å². The van der Waals surface area contributed by atoms with Gasteiger partial charge in [0.15, 0.2) is 0 Å². The molecule has 1 amide bonds. The number of carbonyl (C=O) groups excluding carboxylic acids is 1. The van der Waals surface area contributed by atoms with Gasteiger partial charge in [0, 0.05) is 24.2 Å². The normalized spacial score (nSPS) is 24.2. The standard InChI is InChI=1S/C20H31N3O2/c1-15-13-18(22-20(24)17-7-8-21-16(2)14-17)5-6-19(15)25-12-11-23-9-3-4-10-23/h5-6,13,16-17,21H,3-4,7-12,14H2,1-2H3,(H,22,24)/t16-,17-/m0/s1. The molecule has 2 heterocycles. The Morgan fingerprint density at radius 3 is 2.88 bits per heavy atom. The summed E-state index contributed by atoms with van der Waals surface area (Å²) in [5.74, 6) is 1.15. The van der Waals surface area contributed by atoms with Gasteiger partial charge in [-0.1, -0.05) is 0 Å². The van der Waals surface area contributed by atoms with E-state index in [1.54, 1.807) is 0 Å². The van der Waals surface area contributed by atoms with E-state index in [1.165, 1.54) is 25.9 Å². The summed E-state index contributed by atoms with van der Waals surface area (Å²) in [7, 11) is 0. The number of likely N-dealkylation sites (tertiary alicyclic amines) is 1. The molecule has 0 aromatic heterocycles. The number of benzene rings is 1. The summed E-state index contributed by atoms with van der Waals surface area (Å²) in [5, 5.41) is 6.46. The molecule has 2 saturated heterocycles. The predicted octanol–water partition coefficient (Wildman–Crippen LogP) is 2.80. The maximum Gasteiger partial charge on any atom is 0.227 e. The number of rotatable bonds is 6. The lowest BCUT2D eigenvalue weighted by atomic mass is 9.92. The van der Waals surface area contributed by atoms with E-state index in [0.29, 0.717) is 6.04 Å². The maximum absolute atomic E-state index is 12.5. The van der Waals surface area contributed by atoms with Crippen molar-refractivity contribution in [3.05, 3.63) is 23.8 Å². The molecule has 25 heavy (non-hydrogen) atoms. The average molecular weight is 345 g/mol. The predicted molar refractivity (Wildman–Crippen MR) is 101 cm³/mol. The lowest BCUT2D eigenvalue weighted by molar-refractivity contribution is -0.120. The Morgan fingerprint density at radius 1 is 1.36 bits per heavy atom. The smallest absolute Gasteiger partial charge is 0.227 e. The minimum Gasteiger partial charge on any atom is -0.492 e. The topological polar surface area (TPSA) is 53.6 Å². The number of hydrogen-bond acceptors (Lipinski definition) is 4. The molecule has 5 heteroatoms. The highest BCUT2D eigenvalue weighted by Crippen LogP contribution is 2.24. The number of nitrogens with one attached hydrogen (secondary N) is 2. The van der Waals surface area contributed by atoms with E-state index in [1.807, 2.05) is 25.1 Å². The van der Waals surface area contributed by atoms with Crippen LogP contribution in [0.4, 0.5) is 5.69 Å². The largest absolute Gasteiger partial charge is 0.492 e. The Morgan fingerprint density at radius 2 is 2.16 bits per heavy atom. The second-order valence-corrected chi connectivity index (χ2v) is 7.44. The zero-order chi connectivity index (χ0) is 17.6. The van der Waals surface area contributed by atoms with E-state index in [-0.39, 0.29) is 11.8 Å². The zero-order valence-corrected chi connectivity index (χ0v) is 15.5. The van der Waals surface area contributed by atoms with Crippen molar-refractivity contribution in [3.8, 4) is 5.75 Å². The Labute approximate surface area is 151 Å². The summed E-state index contributed by atoms with van der Waals surface area (Å²) < 4.78 is 5.93. The fourth-order valence-corrected chi connectivity index (χ4v) is 3.79. The molecule has 2 atom stereocenters. The summed E-state index contributed by atoms with van der Waals surface area (Å²) in [6.07, 6.45) is 4.43. The molecule has 0 saturated carbocycles. The second-order valence-electron chi connectivity index (χ2n) is 7.44. The Bertz CT molecular complexity index is 584. The first-order chi connectivity index (χ1) is 12.1. The van der Waals surface area contributed by atoms with Crippen LogP contribution in [0.15, 0.2) is 18.2 Å². The number of nitrogens with zero attached hydrogens (tertiary/aromatic N) is 1. The molecular weight excluding hydrogens is 314 g/mol. The third-order valence-corrected chi connectivity index (χ3v) is 5.30. The number of anilines is 1.